The van der Waals surface area contributed by atoms with Gasteiger partial charge in [0.25, 0.3) is 0 Å². The monoisotopic (exact) mass is 320 g/mol. The maximum Gasteiger partial charge on any atom is 0.248 e. The topological polar surface area (TPSA) is 87.3 Å². The third-order valence-corrected chi connectivity index (χ3v) is 4.95. The van der Waals surface area contributed by atoms with Crippen LogP contribution >= 0.6 is 0 Å². The molecule has 7 heteroatoms. The maximum atomic E-state index is 12.5. The number of likely N-dealkylation sites (tertiary alicyclic amines) is 1. The average Bonchev–Trinajstić information content (AvgIpc) is 3.26. The summed E-state index contributed by atoms with van der Waals surface area (Å²) in [4.78, 5) is 25.8. The Morgan fingerprint density at radius 2 is 2.13 bits per heavy atom. The number of rotatable bonds is 4. The summed E-state index contributed by atoms with van der Waals surface area (Å²) in [5.74, 6) is 0.732. The molecule has 2 N–H and O–H groups in total. The molecular weight excluding hydrogens is 296 g/mol. The van der Waals surface area contributed by atoms with Crippen molar-refractivity contribution in [2.24, 2.45) is 0 Å². The molecule has 2 fully saturated rings. The van der Waals surface area contributed by atoms with E-state index in [2.05, 4.69) is 15.5 Å². The van der Waals surface area contributed by atoms with Crippen LogP contribution in [0.1, 0.15) is 50.6 Å². The number of nitrogens with zero attached hydrogens (tertiary/aromatic N) is 2. The lowest BCUT2D eigenvalue weighted by Crippen LogP contribution is -2.42. The molecule has 1 saturated heterocycles. The van der Waals surface area contributed by atoms with Crippen molar-refractivity contribution in [2.45, 2.75) is 57.1 Å². The number of methoxy groups -OCH3 is 1. The van der Waals surface area contributed by atoms with Gasteiger partial charge in [-0.3, -0.25) is 14.7 Å². The molecule has 2 aliphatic rings. The molecule has 0 aromatic carbocycles. The normalized spacial score (nSPS) is 25.0. The number of carbonyl (C=O) groups excluding carboxylic acids is 2. The smallest absolute Gasteiger partial charge is 0.248 e. The Morgan fingerprint density at radius 3 is 2.78 bits per heavy atom. The van der Waals surface area contributed by atoms with Gasteiger partial charge in [0.1, 0.15) is 6.04 Å². The van der Waals surface area contributed by atoms with E-state index < -0.39 is 6.04 Å². The van der Waals surface area contributed by atoms with Crippen molar-refractivity contribution in [1.82, 2.24) is 15.1 Å². The summed E-state index contributed by atoms with van der Waals surface area (Å²) in [7, 11) is 1.60. The van der Waals surface area contributed by atoms with Crippen molar-refractivity contribution >= 4 is 17.6 Å². The zero-order valence-corrected chi connectivity index (χ0v) is 13.7. The molecule has 126 valence electrons. The fourth-order valence-corrected chi connectivity index (χ4v) is 3.62. The minimum absolute atomic E-state index is 0.0946. The Kier molecular flexibility index (Phi) is 4.66. The van der Waals surface area contributed by atoms with Gasteiger partial charge in [0.05, 0.1) is 6.10 Å². The molecule has 23 heavy (non-hydrogen) atoms. The average molecular weight is 320 g/mol. The number of ether oxygens (including phenoxy) is 1. The van der Waals surface area contributed by atoms with Gasteiger partial charge >= 0.3 is 0 Å². The van der Waals surface area contributed by atoms with Crippen molar-refractivity contribution in [3.8, 4) is 0 Å². The minimum atomic E-state index is -0.496. The Bertz CT molecular complexity index is 580. The molecule has 0 bridgehead atoms. The fourth-order valence-electron chi connectivity index (χ4n) is 3.62. The zero-order chi connectivity index (χ0) is 16.4. The van der Waals surface area contributed by atoms with Gasteiger partial charge in [0.15, 0.2) is 5.82 Å². The molecule has 0 radical (unpaired) electrons. The number of aromatic nitrogens is 2. The fraction of sp³-hybridized carbons (Fsp3) is 0.688. The summed E-state index contributed by atoms with van der Waals surface area (Å²) in [5, 5.41) is 10.0. The number of hydrogen-bond donors (Lipinski definition) is 2. The van der Waals surface area contributed by atoms with Crippen molar-refractivity contribution in [2.75, 3.05) is 19.0 Å². The number of hydrogen-bond acceptors (Lipinski definition) is 4. The van der Waals surface area contributed by atoms with Crippen LogP contribution in [-0.4, -0.2) is 52.7 Å². The number of nitrogens with one attached hydrogen (secondary N) is 2. The molecule has 7 nitrogen and oxygen atoms in total. The largest absolute Gasteiger partial charge is 0.380 e. The van der Waals surface area contributed by atoms with Crippen molar-refractivity contribution < 1.29 is 14.3 Å². The highest BCUT2D eigenvalue weighted by Crippen LogP contribution is 2.33. The van der Waals surface area contributed by atoms with Crippen molar-refractivity contribution in [1.29, 1.82) is 0 Å². The molecule has 2 atom stereocenters. The first-order chi connectivity index (χ1) is 11.1. The molecule has 1 aliphatic carbocycles. The zero-order valence-electron chi connectivity index (χ0n) is 13.7. The van der Waals surface area contributed by atoms with E-state index in [1.165, 1.54) is 32.6 Å². The molecule has 2 heterocycles. The second kappa shape index (κ2) is 6.70. The van der Waals surface area contributed by atoms with Gasteiger partial charge in [-0.15, -0.1) is 0 Å². The quantitative estimate of drug-likeness (QED) is 0.883. The van der Waals surface area contributed by atoms with Crippen LogP contribution in [-0.2, 0) is 14.3 Å². The summed E-state index contributed by atoms with van der Waals surface area (Å²) in [5.41, 5.74) is 1.09. The second-order valence-corrected chi connectivity index (χ2v) is 6.46. The van der Waals surface area contributed by atoms with Crippen molar-refractivity contribution in [3.05, 3.63) is 11.8 Å². The predicted molar refractivity (Wildman–Crippen MR) is 85.0 cm³/mol. The summed E-state index contributed by atoms with van der Waals surface area (Å²) >= 11 is 0. The lowest BCUT2D eigenvalue weighted by Gasteiger charge is -2.21. The van der Waals surface area contributed by atoms with E-state index in [0.717, 1.165) is 5.69 Å². The lowest BCUT2D eigenvalue weighted by atomic mass is 10.0. The van der Waals surface area contributed by atoms with Crippen LogP contribution in [0.25, 0.3) is 0 Å². The van der Waals surface area contributed by atoms with Gasteiger partial charge in [-0.05, 0) is 12.8 Å². The van der Waals surface area contributed by atoms with Crippen LogP contribution in [0.2, 0.25) is 0 Å². The van der Waals surface area contributed by atoms with E-state index in [1.807, 2.05) is 6.07 Å². The predicted octanol–water partition coefficient (Wildman–Crippen LogP) is 1.64. The molecule has 3 rings (SSSR count). The highest BCUT2D eigenvalue weighted by Gasteiger charge is 2.38. The van der Waals surface area contributed by atoms with Crippen LogP contribution in [0.15, 0.2) is 6.07 Å². The van der Waals surface area contributed by atoms with Crippen LogP contribution in [0.3, 0.4) is 0 Å². The molecule has 1 aromatic rings. The Morgan fingerprint density at radius 1 is 1.39 bits per heavy atom. The molecule has 1 aliphatic heterocycles. The Balaban J connectivity index is 1.65. The third-order valence-electron chi connectivity index (χ3n) is 4.95. The number of aromatic amines is 1. The van der Waals surface area contributed by atoms with E-state index in [1.54, 1.807) is 12.0 Å². The number of H-pyrrole nitrogens is 1. The third kappa shape index (κ3) is 3.39. The first kappa shape index (κ1) is 16.0. The van der Waals surface area contributed by atoms with E-state index >= 15 is 0 Å². The standard InChI is InChI=1S/C16H24N4O3/c1-10(21)20-9-12(23-2)7-14(20)16(22)17-15-8-13(18-19-15)11-5-3-4-6-11/h8,11-12,14H,3-7,9H2,1-2H3,(H2,17,18,19,22)/t12-,14+/m0/s1. The second-order valence-electron chi connectivity index (χ2n) is 6.46. The Hall–Kier alpha value is -1.89. The molecule has 0 spiro atoms. The number of carbonyl (C=O) groups is 2. The first-order valence-corrected chi connectivity index (χ1v) is 8.24. The first-order valence-electron chi connectivity index (χ1n) is 8.24. The molecular formula is C16H24N4O3. The van der Waals surface area contributed by atoms with Crippen LogP contribution < -0.4 is 5.32 Å². The minimum Gasteiger partial charge on any atom is -0.380 e. The lowest BCUT2D eigenvalue weighted by molar-refractivity contribution is -0.134. The van der Waals surface area contributed by atoms with E-state index in [-0.39, 0.29) is 17.9 Å². The summed E-state index contributed by atoms with van der Waals surface area (Å²) in [6, 6.07) is 1.42. The van der Waals surface area contributed by atoms with E-state index in [4.69, 9.17) is 4.74 Å². The number of amides is 2. The molecule has 2 amide bonds. The van der Waals surface area contributed by atoms with E-state index in [0.29, 0.717) is 24.7 Å². The van der Waals surface area contributed by atoms with Gasteiger partial charge < -0.3 is 15.0 Å². The SMILES string of the molecule is CO[C@H]1C[C@H](C(=O)Nc2cc(C3CCCC3)[nH]n2)N(C(C)=O)C1. The van der Waals surface area contributed by atoms with Crippen LogP contribution in [0.4, 0.5) is 5.82 Å². The van der Waals surface area contributed by atoms with Crippen LogP contribution in [0, 0.1) is 0 Å². The summed E-state index contributed by atoms with van der Waals surface area (Å²) < 4.78 is 5.30. The van der Waals surface area contributed by atoms with Crippen molar-refractivity contribution in [3.63, 3.8) is 0 Å². The molecule has 1 saturated carbocycles. The highest BCUT2D eigenvalue weighted by molar-refractivity contribution is 5.96. The number of anilines is 1. The Labute approximate surface area is 135 Å². The summed E-state index contributed by atoms with van der Waals surface area (Å²) in [6.07, 6.45) is 5.26. The maximum absolute atomic E-state index is 12.5. The van der Waals surface area contributed by atoms with Gasteiger partial charge in [-0.2, -0.15) is 5.10 Å². The van der Waals surface area contributed by atoms with Gasteiger partial charge in [0, 0.05) is 44.7 Å². The van der Waals surface area contributed by atoms with Gasteiger partial charge in [-0.1, -0.05) is 12.8 Å². The molecule has 1 aromatic heterocycles. The summed E-state index contributed by atoms with van der Waals surface area (Å²) in [6.45, 7) is 1.93. The van der Waals surface area contributed by atoms with Gasteiger partial charge in [-0.25, -0.2) is 0 Å². The van der Waals surface area contributed by atoms with E-state index in [9.17, 15) is 9.59 Å². The highest BCUT2D eigenvalue weighted by atomic mass is 16.5. The molecule has 0 unspecified atom stereocenters. The van der Waals surface area contributed by atoms with Gasteiger partial charge in [0.2, 0.25) is 11.8 Å². The van der Waals surface area contributed by atoms with Crippen LogP contribution in [0.5, 0.6) is 0 Å².